The number of unbranched alkanes of at least 4 members (excludes halogenated alkanes) is 7. The van der Waals surface area contributed by atoms with E-state index in [0.29, 0.717) is 6.42 Å². The molecule has 0 spiro atoms. The van der Waals surface area contributed by atoms with Gasteiger partial charge < -0.3 is 5.32 Å². The molecule has 1 N–H and O–H groups in total. The summed E-state index contributed by atoms with van der Waals surface area (Å²) >= 11 is 1.64. The number of aryl methyl sites for hydroxylation is 1. The number of anilines is 1. The first-order valence-corrected chi connectivity index (χ1v) is 11.4. The van der Waals surface area contributed by atoms with Crippen LogP contribution in [0.25, 0.3) is 0 Å². The molecule has 144 valence electrons. The van der Waals surface area contributed by atoms with Crippen LogP contribution in [0.2, 0.25) is 0 Å². The van der Waals surface area contributed by atoms with Gasteiger partial charge in [-0.3, -0.25) is 4.79 Å². The molecule has 1 aromatic heterocycles. The highest BCUT2D eigenvalue weighted by Gasteiger charge is 2.20. The minimum atomic E-state index is 0.0710. The topological polar surface area (TPSA) is 52.9 Å². The van der Waals surface area contributed by atoms with E-state index in [-0.39, 0.29) is 5.91 Å². The summed E-state index contributed by atoms with van der Waals surface area (Å²) in [5.74, 6) is 0.0710. The van der Waals surface area contributed by atoms with E-state index in [2.05, 4.69) is 18.3 Å². The molecule has 1 aliphatic carbocycles. The molecule has 2 rings (SSSR count). The lowest BCUT2D eigenvalue weighted by molar-refractivity contribution is -0.116. The van der Waals surface area contributed by atoms with Gasteiger partial charge in [0, 0.05) is 11.3 Å². The van der Waals surface area contributed by atoms with E-state index < -0.39 is 0 Å². The van der Waals surface area contributed by atoms with Crippen LogP contribution in [-0.4, -0.2) is 5.91 Å². The molecule has 0 atom stereocenters. The number of carbonyl (C=O) groups is 1. The van der Waals surface area contributed by atoms with Crippen LogP contribution in [0.4, 0.5) is 5.00 Å². The molecule has 4 heteroatoms. The summed E-state index contributed by atoms with van der Waals surface area (Å²) in [6.45, 7) is 2.24. The zero-order chi connectivity index (χ0) is 18.6. The third-order valence-electron chi connectivity index (χ3n) is 5.29. The summed E-state index contributed by atoms with van der Waals surface area (Å²) in [5, 5.41) is 13.4. The predicted octanol–water partition coefficient (Wildman–Crippen LogP) is 6.75. The Morgan fingerprint density at radius 3 is 2.35 bits per heavy atom. The number of hydrogen-bond acceptors (Lipinski definition) is 3. The van der Waals surface area contributed by atoms with Crippen LogP contribution >= 0.6 is 11.3 Å². The van der Waals surface area contributed by atoms with Crippen LogP contribution in [0.3, 0.4) is 0 Å². The first kappa shape index (κ1) is 21.0. The second-order valence-corrected chi connectivity index (χ2v) is 8.61. The van der Waals surface area contributed by atoms with Crippen LogP contribution in [0.5, 0.6) is 0 Å². The second kappa shape index (κ2) is 12.1. The zero-order valence-corrected chi connectivity index (χ0v) is 17.2. The fraction of sp³-hybridized carbons (Fsp3) is 0.727. The third-order valence-corrected chi connectivity index (χ3v) is 6.50. The molecule has 1 amide bonds. The summed E-state index contributed by atoms with van der Waals surface area (Å²) in [5.41, 5.74) is 1.94. The molecule has 3 nitrogen and oxygen atoms in total. The molecule has 1 aromatic rings. The van der Waals surface area contributed by atoms with Crippen molar-refractivity contribution in [2.75, 3.05) is 5.32 Å². The van der Waals surface area contributed by atoms with Crippen molar-refractivity contribution in [1.29, 1.82) is 5.26 Å². The highest BCUT2D eigenvalue weighted by Crippen LogP contribution is 2.36. The average molecular weight is 375 g/mol. The van der Waals surface area contributed by atoms with Crippen molar-refractivity contribution in [3.05, 3.63) is 16.0 Å². The Balaban J connectivity index is 1.76. The smallest absolute Gasteiger partial charge is 0.225 e. The minimum absolute atomic E-state index is 0.0710. The van der Waals surface area contributed by atoms with Crippen molar-refractivity contribution in [2.24, 2.45) is 0 Å². The van der Waals surface area contributed by atoms with Crippen molar-refractivity contribution in [3.63, 3.8) is 0 Å². The Morgan fingerprint density at radius 2 is 1.65 bits per heavy atom. The Morgan fingerprint density at radius 1 is 1.00 bits per heavy atom. The molecule has 0 aromatic carbocycles. The van der Waals surface area contributed by atoms with Gasteiger partial charge in [0.25, 0.3) is 0 Å². The number of fused-ring (bicyclic) bond motifs is 1. The predicted molar refractivity (Wildman–Crippen MR) is 111 cm³/mol. The number of nitrogens with zero attached hydrogens (tertiary/aromatic N) is 1. The molecule has 26 heavy (non-hydrogen) atoms. The van der Waals surface area contributed by atoms with Gasteiger partial charge >= 0.3 is 0 Å². The quantitative estimate of drug-likeness (QED) is 0.461. The summed E-state index contributed by atoms with van der Waals surface area (Å²) in [4.78, 5) is 13.6. The van der Waals surface area contributed by atoms with Gasteiger partial charge in [-0.1, -0.05) is 64.7 Å². The zero-order valence-electron chi connectivity index (χ0n) is 16.4. The maximum absolute atomic E-state index is 12.3. The summed E-state index contributed by atoms with van der Waals surface area (Å²) in [7, 11) is 0. The monoisotopic (exact) mass is 374 g/mol. The molecule has 0 aliphatic heterocycles. The Labute approximate surface area is 163 Å². The van der Waals surface area contributed by atoms with Gasteiger partial charge in [0.05, 0.1) is 5.56 Å². The minimum Gasteiger partial charge on any atom is -0.317 e. The summed E-state index contributed by atoms with van der Waals surface area (Å²) < 4.78 is 0. The highest BCUT2D eigenvalue weighted by molar-refractivity contribution is 7.16. The summed E-state index contributed by atoms with van der Waals surface area (Å²) in [6.07, 6.45) is 17.4. The van der Waals surface area contributed by atoms with Gasteiger partial charge in [0.15, 0.2) is 0 Å². The standard InChI is InChI=1S/C22H34N2OS/c1-2-3-4-5-6-7-8-13-16-21(25)24-22-19(17-23)18-14-11-9-10-12-15-20(18)26-22/h2-16H2,1H3,(H,24,25). The number of amides is 1. The number of nitrogens with one attached hydrogen (secondary N) is 1. The van der Waals surface area contributed by atoms with E-state index >= 15 is 0 Å². The molecular weight excluding hydrogens is 340 g/mol. The van der Waals surface area contributed by atoms with E-state index in [1.54, 1.807) is 11.3 Å². The molecule has 0 saturated carbocycles. The van der Waals surface area contributed by atoms with E-state index in [9.17, 15) is 10.1 Å². The van der Waals surface area contributed by atoms with Crippen LogP contribution in [0, 0.1) is 11.3 Å². The van der Waals surface area contributed by atoms with Gasteiger partial charge in [-0.15, -0.1) is 11.3 Å². The maximum Gasteiger partial charge on any atom is 0.225 e. The van der Waals surface area contributed by atoms with Crippen molar-refractivity contribution >= 4 is 22.2 Å². The number of rotatable bonds is 10. The average Bonchev–Trinajstić information content (AvgIpc) is 2.92. The van der Waals surface area contributed by atoms with Crippen molar-refractivity contribution in [3.8, 4) is 6.07 Å². The van der Waals surface area contributed by atoms with Gasteiger partial charge in [-0.25, -0.2) is 0 Å². The number of carbonyl (C=O) groups excluding carboxylic acids is 1. The fourth-order valence-electron chi connectivity index (χ4n) is 3.73. The van der Waals surface area contributed by atoms with E-state index in [1.165, 1.54) is 68.2 Å². The number of nitriles is 1. The molecule has 1 heterocycles. The lowest BCUT2D eigenvalue weighted by Crippen LogP contribution is -2.11. The van der Waals surface area contributed by atoms with Gasteiger partial charge in [0.1, 0.15) is 11.1 Å². The Bertz CT molecular complexity index is 600. The first-order valence-electron chi connectivity index (χ1n) is 10.6. The second-order valence-electron chi connectivity index (χ2n) is 7.51. The van der Waals surface area contributed by atoms with Crippen LogP contribution < -0.4 is 5.32 Å². The molecule has 0 fully saturated rings. The van der Waals surface area contributed by atoms with E-state index in [4.69, 9.17) is 0 Å². The van der Waals surface area contributed by atoms with Crippen molar-refractivity contribution in [2.45, 2.75) is 103 Å². The fourth-order valence-corrected chi connectivity index (χ4v) is 4.99. The lowest BCUT2D eigenvalue weighted by Gasteiger charge is -2.08. The van der Waals surface area contributed by atoms with Gasteiger partial charge in [-0.05, 0) is 37.7 Å². The lowest BCUT2D eigenvalue weighted by atomic mass is 9.97. The first-order chi connectivity index (χ1) is 12.8. The largest absolute Gasteiger partial charge is 0.317 e. The van der Waals surface area contributed by atoms with Crippen molar-refractivity contribution < 1.29 is 4.79 Å². The van der Waals surface area contributed by atoms with Crippen LogP contribution in [-0.2, 0) is 17.6 Å². The number of thiophene rings is 1. The molecule has 0 radical (unpaired) electrons. The van der Waals surface area contributed by atoms with Crippen LogP contribution in [0.1, 0.15) is 106 Å². The Hall–Kier alpha value is -1.34. The SMILES string of the molecule is CCCCCCCCCCC(=O)Nc1sc2c(c1C#N)CCCCCC2. The van der Waals surface area contributed by atoms with Crippen molar-refractivity contribution in [1.82, 2.24) is 0 Å². The maximum atomic E-state index is 12.3. The molecule has 0 saturated heterocycles. The molecule has 0 unspecified atom stereocenters. The molecular formula is C22H34N2OS. The van der Waals surface area contributed by atoms with Gasteiger partial charge in [-0.2, -0.15) is 5.26 Å². The highest BCUT2D eigenvalue weighted by atomic mass is 32.1. The third kappa shape index (κ3) is 6.76. The molecule has 1 aliphatic rings. The van der Waals surface area contributed by atoms with Gasteiger partial charge in [0.2, 0.25) is 5.91 Å². The number of hydrogen-bond donors (Lipinski definition) is 1. The molecule has 0 bridgehead atoms. The van der Waals surface area contributed by atoms with E-state index in [0.717, 1.165) is 42.7 Å². The van der Waals surface area contributed by atoms with E-state index in [1.807, 2.05) is 0 Å². The summed E-state index contributed by atoms with van der Waals surface area (Å²) in [6, 6.07) is 2.35. The Kier molecular flexibility index (Phi) is 9.77. The van der Waals surface area contributed by atoms with Crippen LogP contribution in [0.15, 0.2) is 0 Å². The normalized spacial score (nSPS) is 14.2.